The Morgan fingerprint density at radius 2 is 2.07 bits per heavy atom. The summed E-state index contributed by atoms with van der Waals surface area (Å²) in [6, 6.07) is 11.4. The first kappa shape index (κ1) is 16.8. The predicted molar refractivity (Wildman–Crippen MR) is 95.4 cm³/mol. The van der Waals surface area contributed by atoms with Crippen LogP contribution in [0.1, 0.15) is 22.6 Å². The second-order valence-corrected chi connectivity index (χ2v) is 5.96. The molecule has 3 heterocycles. The fourth-order valence-corrected chi connectivity index (χ4v) is 2.73. The number of H-pyrrole nitrogens is 1. The van der Waals surface area contributed by atoms with Crippen molar-refractivity contribution >= 4 is 22.8 Å². The van der Waals surface area contributed by atoms with Gasteiger partial charge in [0.2, 0.25) is 5.82 Å². The quantitative estimate of drug-likeness (QED) is 0.577. The number of rotatable bonds is 4. The number of aromatic amines is 1. The van der Waals surface area contributed by atoms with Crippen molar-refractivity contribution in [1.82, 2.24) is 24.7 Å². The van der Waals surface area contributed by atoms with Crippen molar-refractivity contribution in [2.24, 2.45) is 7.05 Å². The number of fused-ring (bicyclic) bond motifs is 1. The molecule has 4 aromatic rings. The fourth-order valence-electron chi connectivity index (χ4n) is 2.73. The molecule has 3 aromatic heterocycles. The van der Waals surface area contributed by atoms with Crippen LogP contribution in [0.15, 0.2) is 48.8 Å². The van der Waals surface area contributed by atoms with E-state index in [9.17, 15) is 13.6 Å². The van der Waals surface area contributed by atoms with Gasteiger partial charge in [0.15, 0.2) is 0 Å². The first-order valence-corrected chi connectivity index (χ1v) is 8.05. The molecule has 0 radical (unpaired) electrons. The zero-order chi connectivity index (χ0) is 19.0. The zero-order valence-corrected chi connectivity index (χ0v) is 14.1. The lowest BCUT2D eigenvalue weighted by Crippen LogP contribution is -2.17. The predicted octanol–water partition coefficient (Wildman–Crippen LogP) is 3.55. The minimum absolute atomic E-state index is 0.0456. The van der Waals surface area contributed by atoms with Crippen LogP contribution < -0.4 is 5.32 Å². The van der Waals surface area contributed by atoms with Crippen LogP contribution in [0.3, 0.4) is 0 Å². The molecule has 2 N–H and O–H groups in total. The summed E-state index contributed by atoms with van der Waals surface area (Å²) < 4.78 is 27.3. The van der Waals surface area contributed by atoms with Crippen LogP contribution in [-0.2, 0) is 7.05 Å². The van der Waals surface area contributed by atoms with E-state index in [-0.39, 0.29) is 11.4 Å². The van der Waals surface area contributed by atoms with Crippen molar-refractivity contribution in [2.45, 2.75) is 6.43 Å². The number of aryl methyl sites for hydroxylation is 1. The average Bonchev–Trinajstić information content (AvgIpc) is 3.27. The molecule has 1 aromatic carbocycles. The fraction of sp³-hybridized carbons (Fsp3) is 0.111. The zero-order valence-electron chi connectivity index (χ0n) is 14.1. The Morgan fingerprint density at radius 1 is 1.22 bits per heavy atom. The standard InChI is InChI=1S/C18H14F2N6O/c1-26-9-21-25-17(26)18(27)24-14-6-5-12-8-13(22-16(12)23-14)10-3-2-4-11(7-10)15(19)20/h2-9,15H,1H3,(H2,22,23,24,27). The van der Waals surface area contributed by atoms with Crippen molar-refractivity contribution in [3.8, 4) is 11.3 Å². The molecule has 0 saturated carbocycles. The highest BCUT2D eigenvalue weighted by molar-refractivity contribution is 6.01. The van der Waals surface area contributed by atoms with Gasteiger partial charge in [-0.25, -0.2) is 13.8 Å². The van der Waals surface area contributed by atoms with Gasteiger partial charge in [0, 0.05) is 23.7 Å². The summed E-state index contributed by atoms with van der Waals surface area (Å²) in [7, 11) is 1.66. The molecule has 1 amide bonds. The number of amides is 1. The Morgan fingerprint density at radius 3 is 2.81 bits per heavy atom. The van der Waals surface area contributed by atoms with Gasteiger partial charge in [0.1, 0.15) is 17.8 Å². The van der Waals surface area contributed by atoms with Crippen molar-refractivity contribution in [3.63, 3.8) is 0 Å². The molecular formula is C18H14F2N6O. The van der Waals surface area contributed by atoms with Gasteiger partial charge in [0.25, 0.3) is 12.3 Å². The summed E-state index contributed by atoms with van der Waals surface area (Å²) >= 11 is 0. The third-order valence-electron chi connectivity index (χ3n) is 4.09. The molecule has 9 heteroatoms. The van der Waals surface area contributed by atoms with Crippen molar-refractivity contribution in [1.29, 1.82) is 0 Å². The van der Waals surface area contributed by atoms with E-state index in [4.69, 9.17) is 0 Å². The molecule has 27 heavy (non-hydrogen) atoms. The number of benzene rings is 1. The molecule has 0 aliphatic heterocycles. The SMILES string of the molecule is Cn1cnnc1C(=O)Nc1ccc2cc(-c3cccc(C(F)F)c3)[nH]c2n1. The van der Waals surface area contributed by atoms with Crippen LogP contribution >= 0.6 is 0 Å². The van der Waals surface area contributed by atoms with Gasteiger partial charge < -0.3 is 14.9 Å². The Balaban J connectivity index is 1.63. The number of pyridine rings is 1. The van der Waals surface area contributed by atoms with Gasteiger partial charge in [-0.3, -0.25) is 4.79 Å². The Hall–Kier alpha value is -3.62. The molecule has 7 nitrogen and oxygen atoms in total. The third kappa shape index (κ3) is 3.26. The first-order valence-electron chi connectivity index (χ1n) is 8.05. The molecular weight excluding hydrogens is 354 g/mol. The molecule has 0 aliphatic rings. The van der Waals surface area contributed by atoms with Crippen LogP contribution in [0.25, 0.3) is 22.3 Å². The number of hydrogen-bond donors (Lipinski definition) is 2. The summed E-state index contributed by atoms with van der Waals surface area (Å²) in [5.41, 5.74) is 1.78. The maximum atomic E-state index is 12.9. The monoisotopic (exact) mass is 368 g/mol. The van der Waals surface area contributed by atoms with Crippen LogP contribution in [-0.4, -0.2) is 30.6 Å². The summed E-state index contributed by atoms with van der Waals surface area (Å²) in [6.07, 6.45) is -1.11. The van der Waals surface area contributed by atoms with E-state index in [0.717, 1.165) is 5.39 Å². The number of anilines is 1. The first-order chi connectivity index (χ1) is 13.0. The lowest BCUT2D eigenvalue weighted by molar-refractivity contribution is 0.101. The van der Waals surface area contributed by atoms with E-state index in [1.165, 1.54) is 23.0 Å². The number of halogens is 2. The van der Waals surface area contributed by atoms with E-state index in [0.29, 0.717) is 22.7 Å². The largest absolute Gasteiger partial charge is 0.339 e. The van der Waals surface area contributed by atoms with E-state index in [1.807, 2.05) is 6.07 Å². The lowest BCUT2D eigenvalue weighted by atomic mass is 10.1. The number of carbonyl (C=O) groups excluding carboxylic acids is 1. The minimum atomic E-state index is -2.53. The van der Waals surface area contributed by atoms with Crippen molar-refractivity contribution in [2.75, 3.05) is 5.32 Å². The Kier molecular flexibility index (Phi) is 4.11. The lowest BCUT2D eigenvalue weighted by Gasteiger charge is -2.03. The highest BCUT2D eigenvalue weighted by Crippen LogP contribution is 2.28. The summed E-state index contributed by atoms with van der Waals surface area (Å²) in [4.78, 5) is 19.7. The smallest absolute Gasteiger partial charge is 0.294 e. The van der Waals surface area contributed by atoms with Gasteiger partial charge in [-0.05, 0) is 29.8 Å². The number of nitrogens with one attached hydrogen (secondary N) is 2. The number of carbonyl (C=O) groups is 1. The van der Waals surface area contributed by atoms with Gasteiger partial charge >= 0.3 is 0 Å². The van der Waals surface area contributed by atoms with Gasteiger partial charge in [-0.15, -0.1) is 10.2 Å². The number of nitrogens with zero attached hydrogens (tertiary/aromatic N) is 4. The van der Waals surface area contributed by atoms with Gasteiger partial charge in [-0.2, -0.15) is 0 Å². The number of alkyl halides is 2. The third-order valence-corrected chi connectivity index (χ3v) is 4.09. The molecule has 0 unspecified atom stereocenters. The average molecular weight is 368 g/mol. The molecule has 0 aliphatic carbocycles. The van der Waals surface area contributed by atoms with Crippen LogP contribution in [0.2, 0.25) is 0 Å². The maximum Gasteiger partial charge on any atom is 0.294 e. The van der Waals surface area contributed by atoms with Crippen LogP contribution in [0.4, 0.5) is 14.6 Å². The molecule has 4 rings (SSSR count). The Bertz CT molecular complexity index is 1130. The molecule has 0 fully saturated rings. The highest BCUT2D eigenvalue weighted by atomic mass is 19.3. The number of aromatic nitrogens is 5. The van der Waals surface area contributed by atoms with Crippen LogP contribution in [0.5, 0.6) is 0 Å². The van der Waals surface area contributed by atoms with Crippen LogP contribution in [0, 0.1) is 0 Å². The summed E-state index contributed by atoms with van der Waals surface area (Å²) in [5, 5.41) is 10.9. The van der Waals surface area contributed by atoms with E-state index in [2.05, 4.69) is 25.5 Å². The number of hydrogen-bond acceptors (Lipinski definition) is 4. The maximum absolute atomic E-state index is 12.9. The molecule has 0 saturated heterocycles. The normalized spacial score (nSPS) is 11.3. The second-order valence-electron chi connectivity index (χ2n) is 5.96. The topological polar surface area (TPSA) is 88.5 Å². The summed E-state index contributed by atoms with van der Waals surface area (Å²) in [5.74, 6) is 0.0661. The molecule has 0 spiro atoms. The van der Waals surface area contributed by atoms with E-state index in [1.54, 1.807) is 31.3 Å². The van der Waals surface area contributed by atoms with Gasteiger partial charge in [-0.1, -0.05) is 18.2 Å². The minimum Gasteiger partial charge on any atom is -0.339 e. The second kappa shape index (κ2) is 6.60. The molecule has 0 bridgehead atoms. The summed E-state index contributed by atoms with van der Waals surface area (Å²) in [6.45, 7) is 0. The molecule has 0 atom stereocenters. The Labute approximate surface area is 152 Å². The van der Waals surface area contributed by atoms with Gasteiger partial charge in [0.05, 0.1) is 0 Å². The van der Waals surface area contributed by atoms with E-state index >= 15 is 0 Å². The van der Waals surface area contributed by atoms with Crippen molar-refractivity contribution < 1.29 is 13.6 Å². The van der Waals surface area contributed by atoms with E-state index < -0.39 is 12.3 Å². The van der Waals surface area contributed by atoms with Crippen molar-refractivity contribution in [3.05, 3.63) is 60.2 Å². The highest BCUT2D eigenvalue weighted by Gasteiger charge is 2.14. The molecule has 136 valence electrons.